The fourth-order valence-corrected chi connectivity index (χ4v) is 3.91. The third kappa shape index (κ3) is 3.58. The van der Waals surface area contributed by atoms with Gasteiger partial charge in [-0.3, -0.25) is 9.69 Å². The highest BCUT2D eigenvalue weighted by molar-refractivity contribution is 5.91. The average molecular weight is 372 g/mol. The molecule has 28 heavy (non-hydrogen) atoms. The van der Waals surface area contributed by atoms with Crippen molar-refractivity contribution in [2.45, 2.75) is 31.7 Å². The molecule has 1 N–H and O–H groups in total. The van der Waals surface area contributed by atoms with Crippen molar-refractivity contribution in [2.24, 2.45) is 0 Å². The van der Waals surface area contributed by atoms with Crippen molar-refractivity contribution < 1.29 is 4.79 Å². The van der Waals surface area contributed by atoms with Gasteiger partial charge in [-0.25, -0.2) is 4.68 Å². The number of rotatable bonds is 5. The summed E-state index contributed by atoms with van der Waals surface area (Å²) < 4.78 is 1.86. The lowest BCUT2D eigenvalue weighted by molar-refractivity contribution is -0.117. The Morgan fingerprint density at radius 1 is 1.04 bits per heavy atom. The molecule has 0 radical (unpaired) electrons. The van der Waals surface area contributed by atoms with Crippen LogP contribution in [0.5, 0.6) is 0 Å². The first kappa shape index (κ1) is 17.2. The maximum Gasteiger partial charge on any atom is 0.239 e. The number of nitrogens with one attached hydrogen (secondary N) is 1. The summed E-state index contributed by atoms with van der Waals surface area (Å²) in [4.78, 5) is 15.0. The Kier molecular flexibility index (Phi) is 4.45. The summed E-state index contributed by atoms with van der Waals surface area (Å²) >= 11 is 0. The SMILES string of the molecule is O=C(CN1CCc2ccccc2C1)Nc1cc(C2CC2)nn1-c1ccccc1. The fraction of sp³-hybridized carbons (Fsp3) is 0.304. The van der Waals surface area contributed by atoms with Gasteiger partial charge in [-0.2, -0.15) is 5.10 Å². The molecule has 0 unspecified atom stereocenters. The van der Waals surface area contributed by atoms with Crippen LogP contribution in [-0.2, 0) is 17.8 Å². The Bertz CT molecular complexity index is 991. The van der Waals surface area contributed by atoms with Crippen LogP contribution < -0.4 is 5.32 Å². The van der Waals surface area contributed by atoms with Gasteiger partial charge < -0.3 is 5.32 Å². The van der Waals surface area contributed by atoms with E-state index in [0.29, 0.717) is 12.5 Å². The van der Waals surface area contributed by atoms with Crippen LogP contribution in [-0.4, -0.2) is 33.7 Å². The zero-order chi connectivity index (χ0) is 18.9. The smallest absolute Gasteiger partial charge is 0.239 e. The number of hydrogen-bond donors (Lipinski definition) is 1. The third-order valence-corrected chi connectivity index (χ3v) is 5.57. The van der Waals surface area contributed by atoms with E-state index in [-0.39, 0.29) is 5.91 Å². The van der Waals surface area contributed by atoms with Gasteiger partial charge in [0.1, 0.15) is 5.82 Å². The maximum atomic E-state index is 12.8. The minimum Gasteiger partial charge on any atom is -0.309 e. The summed E-state index contributed by atoms with van der Waals surface area (Å²) in [5.74, 6) is 1.31. The quantitative estimate of drug-likeness (QED) is 0.742. The summed E-state index contributed by atoms with van der Waals surface area (Å²) in [7, 11) is 0. The lowest BCUT2D eigenvalue weighted by Gasteiger charge is -2.28. The number of carbonyl (C=O) groups excluding carboxylic acids is 1. The summed E-state index contributed by atoms with van der Waals surface area (Å²) in [6.45, 7) is 2.14. The minimum atomic E-state index is 0.0128. The van der Waals surface area contributed by atoms with Gasteiger partial charge in [0.05, 0.1) is 17.9 Å². The lowest BCUT2D eigenvalue weighted by Crippen LogP contribution is -2.37. The Hall–Kier alpha value is -2.92. The zero-order valence-corrected chi connectivity index (χ0v) is 15.8. The van der Waals surface area contributed by atoms with Crippen LogP contribution in [0.4, 0.5) is 5.82 Å². The number of carbonyl (C=O) groups is 1. The number of aromatic nitrogens is 2. The van der Waals surface area contributed by atoms with Crippen molar-refractivity contribution in [3.05, 3.63) is 77.5 Å². The molecule has 3 aromatic rings. The average Bonchev–Trinajstić information content (AvgIpc) is 3.49. The molecule has 1 aliphatic carbocycles. The molecular formula is C23H24N4O. The number of amides is 1. The van der Waals surface area contributed by atoms with Crippen LogP contribution >= 0.6 is 0 Å². The molecular weight excluding hydrogens is 348 g/mol. The number of para-hydroxylation sites is 1. The number of anilines is 1. The topological polar surface area (TPSA) is 50.2 Å². The normalized spacial score (nSPS) is 16.6. The van der Waals surface area contributed by atoms with Crippen molar-refractivity contribution in [3.8, 4) is 5.69 Å². The molecule has 5 heteroatoms. The summed E-state index contributed by atoms with van der Waals surface area (Å²) in [6, 6.07) is 20.5. The van der Waals surface area contributed by atoms with Gasteiger partial charge in [-0.1, -0.05) is 42.5 Å². The third-order valence-electron chi connectivity index (χ3n) is 5.57. The highest BCUT2D eigenvalue weighted by Crippen LogP contribution is 2.40. The number of fused-ring (bicyclic) bond motifs is 1. The molecule has 2 aliphatic rings. The van der Waals surface area contributed by atoms with Crippen molar-refractivity contribution in [1.82, 2.24) is 14.7 Å². The molecule has 1 aliphatic heterocycles. The largest absolute Gasteiger partial charge is 0.309 e. The van der Waals surface area contributed by atoms with Crippen molar-refractivity contribution >= 4 is 11.7 Å². The van der Waals surface area contributed by atoms with Gasteiger partial charge in [0.25, 0.3) is 0 Å². The summed E-state index contributed by atoms with van der Waals surface area (Å²) in [5, 5.41) is 7.86. The number of benzene rings is 2. The van der Waals surface area contributed by atoms with Crippen LogP contribution in [0, 0.1) is 0 Å². The van der Waals surface area contributed by atoms with Crippen LogP contribution in [0.1, 0.15) is 35.6 Å². The molecule has 142 valence electrons. The highest BCUT2D eigenvalue weighted by Gasteiger charge is 2.28. The predicted octanol–water partition coefficient (Wildman–Crippen LogP) is 3.75. The first-order valence-corrected chi connectivity index (χ1v) is 10.0. The molecule has 0 saturated heterocycles. The molecule has 2 heterocycles. The molecule has 0 atom stereocenters. The van der Waals surface area contributed by atoms with E-state index in [1.807, 2.05) is 41.1 Å². The van der Waals surface area contributed by atoms with Crippen LogP contribution in [0.15, 0.2) is 60.7 Å². The van der Waals surface area contributed by atoms with Crippen molar-refractivity contribution in [2.75, 3.05) is 18.4 Å². The molecule has 1 saturated carbocycles. The molecule has 5 nitrogen and oxygen atoms in total. The van der Waals surface area contributed by atoms with Crippen LogP contribution in [0.3, 0.4) is 0 Å². The van der Waals surface area contributed by atoms with E-state index in [4.69, 9.17) is 5.10 Å². The second-order valence-electron chi connectivity index (χ2n) is 7.75. The van der Waals surface area contributed by atoms with E-state index in [2.05, 4.69) is 34.5 Å². The Labute approximate surface area is 165 Å². The van der Waals surface area contributed by atoms with Crippen molar-refractivity contribution in [3.63, 3.8) is 0 Å². The van der Waals surface area contributed by atoms with E-state index < -0.39 is 0 Å². The van der Waals surface area contributed by atoms with E-state index in [9.17, 15) is 4.79 Å². The van der Waals surface area contributed by atoms with Gasteiger partial charge >= 0.3 is 0 Å². The Morgan fingerprint density at radius 2 is 1.79 bits per heavy atom. The molecule has 1 aromatic heterocycles. The number of nitrogens with zero attached hydrogens (tertiary/aromatic N) is 3. The van der Waals surface area contributed by atoms with Crippen molar-refractivity contribution in [1.29, 1.82) is 0 Å². The zero-order valence-electron chi connectivity index (χ0n) is 15.8. The number of hydrogen-bond acceptors (Lipinski definition) is 3. The molecule has 0 spiro atoms. The first-order chi connectivity index (χ1) is 13.8. The van der Waals surface area contributed by atoms with E-state index in [0.717, 1.165) is 36.7 Å². The lowest BCUT2D eigenvalue weighted by atomic mass is 10.00. The molecule has 1 amide bonds. The maximum absolute atomic E-state index is 12.8. The van der Waals surface area contributed by atoms with Crippen LogP contribution in [0.2, 0.25) is 0 Å². The Morgan fingerprint density at radius 3 is 2.57 bits per heavy atom. The second-order valence-corrected chi connectivity index (χ2v) is 7.75. The summed E-state index contributed by atoms with van der Waals surface area (Å²) in [5.41, 5.74) is 4.77. The van der Waals surface area contributed by atoms with Gasteiger partial charge in [-0.15, -0.1) is 0 Å². The van der Waals surface area contributed by atoms with E-state index in [1.165, 1.54) is 24.0 Å². The van der Waals surface area contributed by atoms with Gasteiger partial charge in [-0.05, 0) is 42.5 Å². The summed E-state index contributed by atoms with van der Waals surface area (Å²) in [6.07, 6.45) is 3.37. The minimum absolute atomic E-state index is 0.0128. The Balaban J connectivity index is 1.31. The monoisotopic (exact) mass is 372 g/mol. The van der Waals surface area contributed by atoms with Crippen LogP contribution in [0.25, 0.3) is 5.69 Å². The van der Waals surface area contributed by atoms with Gasteiger partial charge in [0.15, 0.2) is 0 Å². The molecule has 5 rings (SSSR count). The van der Waals surface area contributed by atoms with E-state index in [1.54, 1.807) is 0 Å². The standard InChI is InChI=1S/C23H24N4O/c28-23(16-26-13-12-17-6-4-5-7-19(17)15-26)24-22-14-21(18-10-11-18)25-27(22)20-8-2-1-3-9-20/h1-9,14,18H,10-13,15-16H2,(H,24,28). The van der Waals surface area contributed by atoms with Gasteiger partial charge in [0.2, 0.25) is 5.91 Å². The molecule has 0 bridgehead atoms. The predicted molar refractivity (Wildman–Crippen MR) is 110 cm³/mol. The second kappa shape index (κ2) is 7.24. The molecule has 1 fully saturated rings. The van der Waals surface area contributed by atoms with Gasteiger partial charge in [0, 0.05) is 25.1 Å². The fourth-order valence-electron chi connectivity index (χ4n) is 3.91. The van der Waals surface area contributed by atoms with E-state index >= 15 is 0 Å². The highest BCUT2D eigenvalue weighted by atomic mass is 16.2. The molecule has 2 aromatic carbocycles. The first-order valence-electron chi connectivity index (χ1n) is 10.0.